The van der Waals surface area contributed by atoms with Crippen molar-refractivity contribution in [2.75, 3.05) is 6.29 Å². The number of hydrogen-bond donors (Lipinski definition) is 2. The van der Waals surface area contributed by atoms with Gasteiger partial charge in [-0.15, -0.1) is 0 Å². The Hall–Kier alpha value is -1.01. The summed E-state index contributed by atoms with van der Waals surface area (Å²) in [7, 11) is -3.89. The molecule has 0 fully saturated rings. The van der Waals surface area contributed by atoms with E-state index in [1.807, 2.05) is 38.1 Å². The van der Waals surface area contributed by atoms with Crippen LogP contribution < -0.4 is 5.32 Å². The van der Waals surface area contributed by atoms with Gasteiger partial charge >= 0.3 is 7.60 Å². The number of ketones is 1. The minimum atomic E-state index is -3.89. The molecule has 0 saturated carbocycles. The molecule has 1 aromatic rings. The summed E-state index contributed by atoms with van der Waals surface area (Å²) in [6.07, 6.45) is 0.0000481. The molecule has 0 aliphatic carbocycles. The first-order valence-electron chi connectivity index (χ1n) is 9.02. The minimum absolute atomic E-state index is 0.0382. The second kappa shape index (κ2) is 11.1. The number of halogens is 1. The van der Waals surface area contributed by atoms with E-state index in [9.17, 15) is 19.0 Å². The van der Waals surface area contributed by atoms with Crippen molar-refractivity contribution in [2.24, 2.45) is 11.8 Å². The first kappa shape index (κ1) is 24.0. The molecule has 0 aliphatic heterocycles. The lowest BCUT2D eigenvalue weighted by Gasteiger charge is -2.20. The molecule has 1 aromatic carbocycles. The van der Waals surface area contributed by atoms with Crippen LogP contribution >= 0.6 is 23.5 Å². The number of hydrogen-bond acceptors (Lipinski definition) is 4. The number of amides is 1. The SMILES string of the molecule is CC(C)C[C@H](CC(=O)Cc1ccc(Br)cc1)C(=O)NCP(=O)(O)OC(C)C. The molecule has 0 aromatic heterocycles. The monoisotopic (exact) mass is 461 g/mol. The summed E-state index contributed by atoms with van der Waals surface area (Å²) in [5, 5.41) is 2.47. The van der Waals surface area contributed by atoms with Gasteiger partial charge in [0.25, 0.3) is 0 Å². The van der Waals surface area contributed by atoms with Crippen LogP contribution in [-0.2, 0) is 25.1 Å². The van der Waals surface area contributed by atoms with Crippen LogP contribution in [0.1, 0.15) is 46.1 Å². The van der Waals surface area contributed by atoms with E-state index in [1.165, 1.54) is 0 Å². The van der Waals surface area contributed by atoms with Gasteiger partial charge < -0.3 is 14.7 Å². The fraction of sp³-hybridized carbons (Fsp3) is 0.579. The zero-order chi connectivity index (χ0) is 20.6. The zero-order valence-electron chi connectivity index (χ0n) is 16.3. The topological polar surface area (TPSA) is 92.7 Å². The molecule has 0 radical (unpaired) electrons. The second-order valence-electron chi connectivity index (χ2n) is 7.36. The molecule has 152 valence electrons. The van der Waals surface area contributed by atoms with E-state index >= 15 is 0 Å². The van der Waals surface area contributed by atoms with Crippen molar-refractivity contribution in [3.63, 3.8) is 0 Å². The number of Topliss-reactive ketones (excluding diaryl/α,β-unsaturated/α-hetero) is 1. The summed E-state index contributed by atoms with van der Waals surface area (Å²) in [6.45, 7) is 7.23. The lowest BCUT2D eigenvalue weighted by atomic mass is 9.90. The highest BCUT2D eigenvalue weighted by atomic mass is 79.9. The summed E-state index contributed by atoms with van der Waals surface area (Å²) < 4.78 is 17.8. The molecule has 6 nitrogen and oxygen atoms in total. The van der Waals surface area contributed by atoms with Crippen molar-refractivity contribution in [3.8, 4) is 0 Å². The van der Waals surface area contributed by atoms with E-state index in [2.05, 4.69) is 21.2 Å². The van der Waals surface area contributed by atoms with Gasteiger partial charge in [0.05, 0.1) is 6.10 Å². The van der Waals surface area contributed by atoms with Crippen LogP contribution in [0.15, 0.2) is 28.7 Å². The van der Waals surface area contributed by atoms with Gasteiger partial charge in [-0.2, -0.15) is 0 Å². The molecule has 0 saturated heterocycles. The molecule has 2 N–H and O–H groups in total. The number of nitrogens with one attached hydrogen (secondary N) is 1. The van der Waals surface area contributed by atoms with Crippen molar-refractivity contribution in [3.05, 3.63) is 34.3 Å². The van der Waals surface area contributed by atoms with E-state index in [0.29, 0.717) is 6.42 Å². The highest BCUT2D eigenvalue weighted by Gasteiger charge is 2.27. The maximum atomic E-state index is 12.5. The smallest absolute Gasteiger partial charge is 0.344 e. The maximum Gasteiger partial charge on any atom is 0.347 e. The Labute approximate surface area is 169 Å². The Morgan fingerprint density at radius 1 is 1.19 bits per heavy atom. The van der Waals surface area contributed by atoms with Crippen molar-refractivity contribution in [1.82, 2.24) is 5.32 Å². The van der Waals surface area contributed by atoms with Gasteiger partial charge in [-0.25, -0.2) is 0 Å². The van der Waals surface area contributed by atoms with Crippen LogP contribution in [-0.4, -0.2) is 29.0 Å². The minimum Gasteiger partial charge on any atom is -0.344 e. The van der Waals surface area contributed by atoms with Gasteiger partial charge in [0.15, 0.2) is 0 Å². The zero-order valence-corrected chi connectivity index (χ0v) is 18.8. The predicted molar refractivity (Wildman–Crippen MR) is 109 cm³/mol. The highest BCUT2D eigenvalue weighted by molar-refractivity contribution is 9.10. The number of carbonyl (C=O) groups is 2. The van der Waals surface area contributed by atoms with E-state index < -0.39 is 31.8 Å². The van der Waals surface area contributed by atoms with Gasteiger partial charge in [0.2, 0.25) is 5.91 Å². The molecule has 1 amide bonds. The quantitative estimate of drug-likeness (QED) is 0.479. The van der Waals surface area contributed by atoms with Crippen LogP contribution in [0.25, 0.3) is 0 Å². The molecule has 27 heavy (non-hydrogen) atoms. The normalized spacial score (nSPS) is 14.8. The van der Waals surface area contributed by atoms with E-state index in [0.717, 1.165) is 10.0 Å². The fourth-order valence-corrected chi connectivity index (χ4v) is 4.07. The Kier molecular flexibility index (Phi) is 9.88. The summed E-state index contributed by atoms with van der Waals surface area (Å²) in [6, 6.07) is 7.47. The number of rotatable bonds is 11. The molecule has 0 aliphatic rings. The first-order valence-corrected chi connectivity index (χ1v) is 11.6. The first-order chi connectivity index (χ1) is 12.5. The average molecular weight is 462 g/mol. The Bertz CT molecular complexity index is 675. The van der Waals surface area contributed by atoms with Crippen molar-refractivity contribution in [1.29, 1.82) is 0 Å². The molecule has 0 bridgehead atoms. The molecular weight excluding hydrogens is 433 g/mol. The fourth-order valence-electron chi connectivity index (χ4n) is 2.72. The van der Waals surface area contributed by atoms with E-state index in [1.54, 1.807) is 13.8 Å². The maximum absolute atomic E-state index is 12.5. The van der Waals surface area contributed by atoms with Gasteiger partial charge in [-0.3, -0.25) is 14.2 Å². The summed E-state index contributed by atoms with van der Waals surface area (Å²) in [4.78, 5) is 34.7. The molecule has 1 unspecified atom stereocenters. The molecule has 0 heterocycles. The summed E-state index contributed by atoms with van der Waals surface area (Å²) in [5.41, 5.74) is 0.886. The van der Waals surface area contributed by atoms with E-state index in [4.69, 9.17) is 4.52 Å². The number of benzene rings is 1. The van der Waals surface area contributed by atoms with Crippen molar-refractivity contribution >= 4 is 35.2 Å². The van der Waals surface area contributed by atoms with Crippen LogP contribution in [0.4, 0.5) is 0 Å². The molecular formula is C19H29BrNO5P. The third-order valence-electron chi connectivity index (χ3n) is 3.74. The Morgan fingerprint density at radius 2 is 1.78 bits per heavy atom. The number of carbonyl (C=O) groups excluding carboxylic acids is 2. The third-order valence-corrected chi connectivity index (χ3v) is 5.58. The molecule has 2 atom stereocenters. The second-order valence-corrected chi connectivity index (χ2v) is 10.1. The van der Waals surface area contributed by atoms with E-state index in [-0.39, 0.29) is 24.5 Å². The van der Waals surface area contributed by atoms with Crippen molar-refractivity contribution in [2.45, 2.75) is 53.1 Å². The molecule has 0 spiro atoms. The van der Waals surface area contributed by atoms with Crippen LogP contribution in [0.2, 0.25) is 0 Å². The van der Waals surface area contributed by atoms with Crippen LogP contribution in [0, 0.1) is 11.8 Å². The highest BCUT2D eigenvalue weighted by Crippen LogP contribution is 2.41. The lowest BCUT2D eigenvalue weighted by Crippen LogP contribution is -2.34. The lowest BCUT2D eigenvalue weighted by molar-refractivity contribution is -0.129. The third kappa shape index (κ3) is 10.2. The van der Waals surface area contributed by atoms with Gasteiger partial charge in [0.1, 0.15) is 12.1 Å². The largest absolute Gasteiger partial charge is 0.347 e. The standard InChI is InChI=1S/C19H29BrNO5P/c1-13(2)9-16(19(23)21-12-27(24,25)26-14(3)4)11-18(22)10-15-5-7-17(20)8-6-15/h5-8,13-14,16H,9-12H2,1-4H3,(H,21,23)(H,24,25)/t16-/m1/s1. The van der Waals surface area contributed by atoms with Gasteiger partial charge in [-0.1, -0.05) is 41.9 Å². The molecule has 8 heteroatoms. The Morgan fingerprint density at radius 3 is 2.30 bits per heavy atom. The molecule has 1 rings (SSSR count). The Balaban J connectivity index is 2.67. The van der Waals surface area contributed by atoms with Crippen LogP contribution in [0.5, 0.6) is 0 Å². The van der Waals surface area contributed by atoms with Crippen molar-refractivity contribution < 1.29 is 23.6 Å². The summed E-state index contributed by atoms with van der Waals surface area (Å²) >= 11 is 3.35. The summed E-state index contributed by atoms with van der Waals surface area (Å²) in [5.74, 6) is -0.751. The predicted octanol–water partition coefficient (Wildman–Crippen LogP) is 4.30. The van der Waals surface area contributed by atoms with Gasteiger partial charge in [-0.05, 0) is 43.9 Å². The van der Waals surface area contributed by atoms with Gasteiger partial charge in [0, 0.05) is 23.2 Å². The average Bonchev–Trinajstić information content (AvgIpc) is 2.52. The van der Waals surface area contributed by atoms with Crippen LogP contribution in [0.3, 0.4) is 0 Å².